The Bertz CT molecular complexity index is 1130. The normalized spacial score (nSPS) is 14.7. The molecule has 1 fully saturated rings. The van der Waals surface area contributed by atoms with Crippen LogP contribution in [-0.4, -0.2) is 42.0 Å². The summed E-state index contributed by atoms with van der Waals surface area (Å²) in [5, 5.41) is 3.35. The Labute approximate surface area is 163 Å². The standard InChI is InChI=1S/C23H21N3O2/c27-22(26-13-11-25(12-14-26)21-7-3-4-10-24-21)15-18-16-28-20-9-8-17-5-1-2-6-19(17)23(18)20/h1-10,16H,11-15H2. The zero-order chi connectivity index (χ0) is 18.9. The largest absolute Gasteiger partial charge is 0.464 e. The average Bonchev–Trinajstić information content (AvgIpc) is 3.18. The van der Waals surface area contributed by atoms with Crippen LogP contribution < -0.4 is 4.90 Å². The molecule has 0 N–H and O–H groups in total. The molecule has 2 aromatic heterocycles. The third-order valence-electron chi connectivity index (χ3n) is 5.49. The predicted octanol–water partition coefficient (Wildman–Crippen LogP) is 3.87. The number of nitrogens with zero attached hydrogens (tertiary/aromatic N) is 3. The maximum Gasteiger partial charge on any atom is 0.227 e. The molecule has 1 saturated heterocycles. The van der Waals surface area contributed by atoms with Gasteiger partial charge in [0.05, 0.1) is 12.7 Å². The number of aromatic nitrogens is 1. The van der Waals surface area contributed by atoms with Crippen LogP contribution in [0.4, 0.5) is 5.82 Å². The molecule has 0 aliphatic carbocycles. The fourth-order valence-corrected chi connectivity index (χ4v) is 4.01. The van der Waals surface area contributed by atoms with Gasteiger partial charge in [0.1, 0.15) is 11.4 Å². The highest BCUT2D eigenvalue weighted by Crippen LogP contribution is 2.30. The molecule has 0 saturated carbocycles. The topological polar surface area (TPSA) is 49.6 Å². The Balaban J connectivity index is 1.33. The summed E-state index contributed by atoms with van der Waals surface area (Å²) in [6.07, 6.45) is 3.91. The number of amides is 1. The summed E-state index contributed by atoms with van der Waals surface area (Å²) in [6.45, 7) is 3.04. The van der Waals surface area contributed by atoms with Gasteiger partial charge in [-0.3, -0.25) is 4.79 Å². The van der Waals surface area contributed by atoms with Crippen LogP contribution in [0.3, 0.4) is 0 Å². The first-order valence-electron chi connectivity index (χ1n) is 9.61. The van der Waals surface area contributed by atoms with Crippen molar-refractivity contribution in [3.05, 3.63) is 72.6 Å². The monoisotopic (exact) mass is 371 g/mol. The first-order valence-corrected chi connectivity index (χ1v) is 9.61. The van der Waals surface area contributed by atoms with Crippen LogP contribution in [0.25, 0.3) is 21.7 Å². The lowest BCUT2D eigenvalue weighted by Gasteiger charge is -2.35. The van der Waals surface area contributed by atoms with Crippen molar-refractivity contribution in [2.24, 2.45) is 0 Å². The van der Waals surface area contributed by atoms with Gasteiger partial charge in [-0.1, -0.05) is 36.4 Å². The zero-order valence-electron chi connectivity index (χ0n) is 15.5. The number of hydrogen-bond donors (Lipinski definition) is 0. The van der Waals surface area contributed by atoms with E-state index in [1.165, 1.54) is 0 Å². The third-order valence-corrected chi connectivity index (χ3v) is 5.49. The molecule has 0 radical (unpaired) electrons. The van der Waals surface area contributed by atoms with E-state index in [2.05, 4.69) is 28.1 Å². The number of furan rings is 1. The molecular weight excluding hydrogens is 350 g/mol. The van der Waals surface area contributed by atoms with Crippen LogP contribution in [-0.2, 0) is 11.2 Å². The van der Waals surface area contributed by atoms with Crippen molar-refractivity contribution in [3.63, 3.8) is 0 Å². The van der Waals surface area contributed by atoms with E-state index in [4.69, 9.17) is 4.42 Å². The molecular formula is C23H21N3O2. The van der Waals surface area contributed by atoms with Crippen molar-refractivity contribution in [2.75, 3.05) is 31.1 Å². The van der Waals surface area contributed by atoms with E-state index in [0.29, 0.717) is 19.5 Å². The minimum absolute atomic E-state index is 0.149. The fraction of sp³-hybridized carbons (Fsp3) is 0.217. The second-order valence-corrected chi connectivity index (χ2v) is 7.15. The van der Waals surface area contributed by atoms with Crippen molar-refractivity contribution >= 4 is 33.5 Å². The van der Waals surface area contributed by atoms with Crippen LogP contribution >= 0.6 is 0 Å². The van der Waals surface area contributed by atoms with Crippen molar-refractivity contribution in [3.8, 4) is 0 Å². The maximum atomic E-state index is 12.9. The van der Waals surface area contributed by atoms with E-state index in [1.807, 2.05) is 41.3 Å². The van der Waals surface area contributed by atoms with Crippen LogP contribution in [0.2, 0.25) is 0 Å². The van der Waals surface area contributed by atoms with E-state index >= 15 is 0 Å². The molecule has 0 bridgehead atoms. The molecule has 0 spiro atoms. The lowest BCUT2D eigenvalue weighted by atomic mass is 10.0. The Morgan fingerprint density at radius 2 is 1.79 bits per heavy atom. The minimum atomic E-state index is 0.149. The molecule has 140 valence electrons. The molecule has 0 atom stereocenters. The third kappa shape index (κ3) is 2.99. The van der Waals surface area contributed by atoms with Gasteiger partial charge in [0.15, 0.2) is 0 Å². The summed E-state index contributed by atoms with van der Waals surface area (Å²) in [6, 6.07) is 18.2. The van der Waals surface area contributed by atoms with E-state index in [9.17, 15) is 4.79 Å². The van der Waals surface area contributed by atoms with Gasteiger partial charge in [0.2, 0.25) is 5.91 Å². The lowest BCUT2D eigenvalue weighted by Crippen LogP contribution is -2.49. The zero-order valence-corrected chi connectivity index (χ0v) is 15.5. The highest BCUT2D eigenvalue weighted by molar-refractivity contribution is 6.08. The summed E-state index contributed by atoms with van der Waals surface area (Å²) < 4.78 is 5.73. The van der Waals surface area contributed by atoms with Crippen molar-refractivity contribution in [1.29, 1.82) is 0 Å². The number of hydrogen-bond acceptors (Lipinski definition) is 4. The molecule has 1 aliphatic rings. The number of fused-ring (bicyclic) bond motifs is 3. The predicted molar refractivity (Wildman–Crippen MR) is 110 cm³/mol. The second kappa shape index (κ2) is 7.00. The number of pyridine rings is 1. The summed E-state index contributed by atoms with van der Waals surface area (Å²) in [5.41, 5.74) is 1.80. The Kier molecular flexibility index (Phi) is 4.20. The molecule has 4 aromatic rings. The van der Waals surface area contributed by atoms with E-state index in [1.54, 1.807) is 12.5 Å². The maximum absolute atomic E-state index is 12.9. The van der Waals surface area contributed by atoms with Crippen molar-refractivity contribution in [2.45, 2.75) is 6.42 Å². The lowest BCUT2D eigenvalue weighted by molar-refractivity contribution is -0.130. The Morgan fingerprint density at radius 1 is 0.964 bits per heavy atom. The van der Waals surface area contributed by atoms with Gasteiger partial charge in [-0.05, 0) is 29.0 Å². The molecule has 0 unspecified atom stereocenters. The minimum Gasteiger partial charge on any atom is -0.464 e. The van der Waals surface area contributed by atoms with Gasteiger partial charge in [-0.25, -0.2) is 4.98 Å². The second-order valence-electron chi connectivity index (χ2n) is 7.15. The highest BCUT2D eigenvalue weighted by Gasteiger charge is 2.23. The van der Waals surface area contributed by atoms with Gasteiger partial charge >= 0.3 is 0 Å². The number of rotatable bonds is 3. The quantitative estimate of drug-likeness (QED) is 0.549. The smallest absolute Gasteiger partial charge is 0.227 e. The number of carbonyl (C=O) groups is 1. The van der Waals surface area contributed by atoms with Crippen LogP contribution in [0.5, 0.6) is 0 Å². The summed E-state index contributed by atoms with van der Waals surface area (Å²) in [7, 11) is 0. The molecule has 2 aromatic carbocycles. The molecule has 5 nitrogen and oxygen atoms in total. The highest BCUT2D eigenvalue weighted by atomic mass is 16.3. The van der Waals surface area contributed by atoms with Gasteiger partial charge < -0.3 is 14.2 Å². The summed E-state index contributed by atoms with van der Waals surface area (Å²) in [5.74, 6) is 1.12. The average molecular weight is 371 g/mol. The van der Waals surface area contributed by atoms with Crippen LogP contribution in [0.1, 0.15) is 5.56 Å². The SMILES string of the molecule is O=C(Cc1coc2ccc3ccccc3c12)N1CCN(c2ccccn2)CC1. The van der Waals surface area contributed by atoms with Crippen molar-refractivity contribution < 1.29 is 9.21 Å². The number of piperazine rings is 1. The summed E-state index contributed by atoms with van der Waals surface area (Å²) in [4.78, 5) is 21.5. The van der Waals surface area contributed by atoms with E-state index < -0.39 is 0 Å². The van der Waals surface area contributed by atoms with Gasteiger partial charge in [0.25, 0.3) is 0 Å². The number of benzene rings is 2. The Hall–Kier alpha value is -3.34. The van der Waals surface area contributed by atoms with Crippen molar-refractivity contribution in [1.82, 2.24) is 9.88 Å². The van der Waals surface area contributed by atoms with Gasteiger partial charge in [-0.2, -0.15) is 0 Å². The van der Waals surface area contributed by atoms with Gasteiger partial charge in [-0.15, -0.1) is 0 Å². The first kappa shape index (κ1) is 16.8. The molecule has 5 heteroatoms. The molecule has 1 aliphatic heterocycles. The van der Waals surface area contributed by atoms with E-state index in [0.717, 1.165) is 46.2 Å². The molecule has 3 heterocycles. The molecule has 1 amide bonds. The molecule has 28 heavy (non-hydrogen) atoms. The Morgan fingerprint density at radius 3 is 2.61 bits per heavy atom. The first-order chi connectivity index (χ1) is 13.8. The fourth-order valence-electron chi connectivity index (χ4n) is 4.01. The summed E-state index contributed by atoms with van der Waals surface area (Å²) >= 11 is 0. The number of carbonyl (C=O) groups excluding carboxylic acids is 1. The van der Waals surface area contributed by atoms with E-state index in [-0.39, 0.29) is 5.91 Å². The van der Waals surface area contributed by atoms with Crippen LogP contribution in [0, 0.1) is 0 Å². The van der Waals surface area contributed by atoms with Gasteiger partial charge in [0, 0.05) is 43.3 Å². The van der Waals surface area contributed by atoms with Crippen LogP contribution in [0.15, 0.2) is 71.5 Å². The number of anilines is 1. The molecule has 5 rings (SSSR count).